The minimum absolute atomic E-state index is 0. The van der Waals surface area contributed by atoms with E-state index >= 15 is 0 Å². The zero-order valence-corrected chi connectivity index (χ0v) is 11.0. The van der Waals surface area contributed by atoms with Crippen LogP contribution in [0.5, 0.6) is 0 Å². The molecule has 0 saturated carbocycles. The summed E-state index contributed by atoms with van der Waals surface area (Å²) in [5.74, 6) is -6.93. The summed E-state index contributed by atoms with van der Waals surface area (Å²) in [5, 5.41) is 8.48. The summed E-state index contributed by atoms with van der Waals surface area (Å²) in [5.41, 5.74) is -1.29. The summed E-state index contributed by atoms with van der Waals surface area (Å²) in [4.78, 5) is 10.4. The second-order valence-corrected chi connectivity index (χ2v) is 3.41. The number of aromatic carboxylic acids is 1. The van der Waals surface area contributed by atoms with Crippen LogP contribution in [0.25, 0.3) is 0 Å². The van der Waals surface area contributed by atoms with Gasteiger partial charge in [0.25, 0.3) is 0 Å². The van der Waals surface area contributed by atoms with Crippen molar-refractivity contribution in [3.8, 4) is 0 Å². The quantitative estimate of drug-likeness (QED) is 0.823. The van der Waals surface area contributed by atoms with Gasteiger partial charge in [-0.2, -0.15) is 22.0 Å². The molecule has 0 radical (unpaired) electrons. The van der Waals surface area contributed by atoms with E-state index < -0.39 is 29.8 Å². The molecule has 1 unspecified atom stereocenters. The Kier molecular flexibility index (Phi) is 7.44. The third-order valence-corrected chi connectivity index (χ3v) is 2.15. The van der Waals surface area contributed by atoms with Crippen LogP contribution in [0.2, 0.25) is 0 Å². The van der Waals surface area contributed by atoms with Crippen molar-refractivity contribution in [1.29, 1.82) is 0 Å². The van der Waals surface area contributed by atoms with Gasteiger partial charge in [-0.3, -0.25) is 0 Å². The van der Waals surface area contributed by atoms with Crippen molar-refractivity contribution in [2.45, 2.75) is 18.3 Å². The van der Waals surface area contributed by atoms with Gasteiger partial charge < -0.3 is 5.11 Å². The van der Waals surface area contributed by atoms with Crippen LogP contribution in [0.4, 0.5) is 26.3 Å². The van der Waals surface area contributed by atoms with Crippen molar-refractivity contribution in [1.82, 2.24) is 0 Å². The van der Waals surface area contributed by atoms with E-state index in [0.717, 1.165) is 12.1 Å². The van der Waals surface area contributed by atoms with E-state index in [4.69, 9.17) is 5.11 Å². The van der Waals surface area contributed by atoms with Crippen LogP contribution >= 0.6 is 24.8 Å². The van der Waals surface area contributed by atoms with Crippen molar-refractivity contribution in [2.24, 2.45) is 0 Å². The molecule has 10 heteroatoms. The van der Waals surface area contributed by atoms with E-state index in [1.807, 2.05) is 0 Å². The number of halogens is 8. The molecule has 1 N–H and O–H groups in total. The first-order chi connectivity index (χ1) is 8.07. The Hall–Kier alpha value is -1.15. The van der Waals surface area contributed by atoms with Crippen molar-refractivity contribution < 1.29 is 36.2 Å². The van der Waals surface area contributed by atoms with Gasteiger partial charge in [0, 0.05) is 0 Å². The largest absolute Gasteiger partial charge is 0.478 e. The molecule has 0 aromatic heterocycles. The van der Waals surface area contributed by atoms with E-state index in [9.17, 15) is 31.1 Å². The molecule has 0 spiro atoms. The number of rotatable bonds is 3. The van der Waals surface area contributed by atoms with Crippen molar-refractivity contribution in [3.05, 3.63) is 35.4 Å². The van der Waals surface area contributed by atoms with Crippen LogP contribution in [-0.2, 0) is 0 Å². The highest BCUT2D eigenvalue weighted by Crippen LogP contribution is 2.46. The molecule has 1 aromatic rings. The fraction of sp³-hybridized carbons (Fsp3) is 0.300. The Balaban J connectivity index is 0. The monoisotopic (exact) mass is 344 g/mol. The van der Waals surface area contributed by atoms with E-state index in [-0.39, 0.29) is 30.4 Å². The van der Waals surface area contributed by atoms with Crippen LogP contribution in [0.1, 0.15) is 22.1 Å². The van der Waals surface area contributed by atoms with Gasteiger partial charge in [-0.15, -0.1) is 24.8 Å². The number of carboxylic acids is 1. The third kappa shape index (κ3) is 4.17. The number of alkyl halides is 6. The molecular formula is C10H8Cl2F6O2. The number of carboxylic acid groups (broad SMARTS) is 1. The topological polar surface area (TPSA) is 37.3 Å². The summed E-state index contributed by atoms with van der Waals surface area (Å²) in [6, 6.07) is 2.65. The SMILES string of the molecule is Cl.Cl.O=C(O)c1ccc(C(F)C(F)(F)C(F)(F)F)cc1. The standard InChI is InChI=1S/C10H6F6O2.2ClH/c11-7(9(12,13)10(14,15)16)5-1-3-6(4-2-5)8(17)18;;/h1-4,7H,(H,17,18);2*1H. The lowest BCUT2D eigenvalue weighted by molar-refractivity contribution is -0.305. The zero-order chi connectivity index (χ0) is 14.1. The minimum Gasteiger partial charge on any atom is -0.478 e. The lowest BCUT2D eigenvalue weighted by atomic mass is 10.0. The molecule has 1 rings (SSSR count). The molecule has 0 saturated heterocycles. The lowest BCUT2D eigenvalue weighted by Gasteiger charge is -2.23. The van der Waals surface area contributed by atoms with Crippen LogP contribution < -0.4 is 0 Å². The summed E-state index contributed by atoms with van der Waals surface area (Å²) in [6.07, 6.45) is -9.60. The second-order valence-electron chi connectivity index (χ2n) is 3.41. The van der Waals surface area contributed by atoms with Crippen LogP contribution in [0.15, 0.2) is 24.3 Å². The summed E-state index contributed by atoms with van der Waals surface area (Å²) in [6.45, 7) is 0. The molecule has 1 atom stereocenters. The van der Waals surface area contributed by atoms with Crippen molar-refractivity contribution in [3.63, 3.8) is 0 Å². The molecule has 1 aromatic carbocycles. The van der Waals surface area contributed by atoms with Crippen LogP contribution in [-0.4, -0.2) is 23.2 Å². The molecule has 20 heavy (non-hydrogen) atoms. The third-order valence-electron chi connectivity index (χ3n) is 2.15. The van der Waals surface area contributed by atoms with Gasteiger partial charge in [0.2, 0.25) is 0 Å². The Morgan fingerprint density at radius 1 is 1.00 bits per heavy atom. The summed E-state index contributed by atoms with van der Waals surface area (Å²) < 4.78 is 74.1. The molecule has 2 nitrogen and oxygen atoms in total. The minimum atomic E-state index is -6.02. The number of carbonyl (C=O) groups is 1. The Labute approximate surface area is 121 Å². The van der Waals surface area contributed by atoms with Gasteiger partial charge in [-0.25, -0.2) is 9.18 Å². The maximum atomic E-state index is 13.1. The molecule has 0 bridgehead atoms. The van der Waals surface area contributed by atoms with E-state index in [2.05, 4.69) is 0 Å². The zero-order valence-electron chi connectivity index (χ0n) is 9.33. The van der Waals surface area contributed by atoms with Crippen molar-refractivity contribution >= 4 is 30.8 Å². The van der Waals surface area contributed by atoms with E-state index in [1.165, 1.54) is 0 Å². The fourth-order valence-corrected chi connectivity index (χ4v) is 1.15. The van der Waals surface area contributed by atoms with Crippen LogP contribution in [0, 0.1) is 0 Å². The van der Waals surface area contributed by atoms with E-state index in [0.29, 0.717) is 12.1 Å². The molecule has 0 aliphatic carbocycles. The van der Waals surface area contributed by atoms with Crippen LogP contribution in [0.3, 0.4) is 0 Å². The van der Waals surface area contributed by atoms with Gasteiger partial charge in [0.05, 0.1) is 5.56 Å². The summed E-state index contributed by atoms with van der Waals surface area (Å²) >= 11 is 0. The van der Waals surface area contributed by atoms with Crippen molar-refractivity contribution in [2.75, 3.05) is 0 Å². The predicted octanol–water partition coefficient (Wildman–Crippen LogP) is 4.44. The smallest absolute Gasteiger partial charge is 0.456 e. The number of hydrogen-bond donors (Lipinski definition) is 1. The predicted molar refractivity (Wildman–Crippen MR) is 62.7 cm³/mol. The normalized spacial score (nSPS) is 12.9. The summed E-state index contributed by atoms with van der Waals surface area (Å²) in [7, 11) is 0. The maximum Gasteiger partial charge on any atom is 0.456 e. The first-order valence-electron chi connectivity index (χ1n) is 4.49. The highest BCUT2D eigenvalue weighted by Gasteiger charge is 2.63. The molecule has 0 fully saturated rings. The van der Waals surface area contributed by atoms with Gasteiger partial charge in [-0.1, -0.05) is 12.1 Å². The highest BCUT2D eigenvalue weighted by molar-refractivity contribution is 5.87. The van der Waals surface area contributed by atoms with Gasteiger partial charge in [-0.05, 0) is 17.7 Å². The Morgan fingerprint density at radius 3 is 1.70 bits per heavy atom. The highest BCUT2D eigenvalue weighted by atomic mass is 35.5. The Bertz CT molecular complexity index is 446. The molecular weight excluding hydrogens is 337 g/mol. The number of benzene rings is 1. The maximum absolute atomic E-state index is 13.1. The molecule has 0 aliphatic heterocycles. The first-order valence-corrected chi connectivity index (χ1v) is 4.49. The molecule has 0 heterocycles. The van der Waals surface area contributed by atoms with Gasteiger partial charge in [0.1, 0.15) is 0 Å². The molecule has 0 amide bonds. The average Bonchev–Trinajstić information content (AvgIpc) is 2.26. The average molecular weight is 345 g/mol. The lowest BCUT2D eigenvalue weighted by Crippen LogP contribution is -2.40. The Morgan fingerprint density at radius 2 is 1.40 bits per heavy atom. The van der Waals surface area contributed by atoms with Gasteiger partial charge >= 0.3 is 18.1 Å². The second kappa shape index (κ2) is 7.03. The fourth-order valence-electron chi connectivity index (χ4n) is 1.15. The number of hydrogen-bond acceptors (Lipinski definition) is 1. The molecule has 116 valence electrons. The van der Waals surface area contributed by atoms with Gasteiger partial charge in [0.15, 0.2) is 6.17 Å². The van der Waals surface area contributed by atoms with E-state index in [1.54, 1.807) is 0 Å². The molecule has 0 aliphatic rings. The first kappa shape index (κ1) is 21.2.